The lowest BCUT2D eigenvalue weighted by atomic mass is 9.82. The zero-order valence-corrected chi connectivity index (χ0v) is 28.7. The molecule has 0 aromatic heterocycles. The Morgan fingerprint density at radius 1 is 0.588 bits per heavy atom. The first-order chi connectivity index (χ1) is 25.1. The molecular formula is C44H45NO6. The highest BCUT2D eigenvalue weighted by Crippen LogP contribution is 2.41. The first kappa shape index (κ1) is 35.9. The van der Waals surface area contributed by atoms with Crippen molar-refractivity contribution in [1.29, 1.82) is 0 Å². The molecule has 0 spiro atoms. The molecule has 6 rings (SSSR count). The maximum atomic E-state index is 14.7. The number of ether oxygens (including phenoxy) is 4. The van der Waals surface area contributed by atoms with E-state index in [-0.39, 0.29) is 33.0 Å². The topological polar surface area (TPSA) is 77.5 Å². The van der Waals surface area contributed by atoms with Crippen LogP contribution in [0.15, 0.2) is 164 Å². The van der Waals surface area contributed by atoms with Crippen LogP contribution in [0, 0.1) is 0 Å². The van der Waals surface area contributed by atoms with Gasteiger partial charge in [0.2, 0.25) is 5.72 Å². The Morgan fingerprint density at radius 3 is 1.43 bits per heavy atom. The summed E-state index contributed by atoms with van der Waals surface area (Å²) in [7, 11) is 0. The van der Waals surface area contributed by atoms with Gasteiger partial charge in [-0.3, -0.25) is 4.90 Å². The van der Waals surface area contributed by atoms with Crippen LogP contribution in [0.2, 0.25) is 0 Å². The van der Waals surface area contributed by atoms with Crippen molar-refractivity contribution in [1.82, 2.24) is 4.90 Å². The summed E-state index contributed by atoms with van der Waals surface area (Å²) < 4.78 is 26.3. The molecule has 7 heteroatoms. The molecule has 1 N–H and O–H groups in total. The van der Waals surface area contributed by atoms with Gasteiger partial charge in [0.25, 0.3) is 0 Å². The molecule has 5 aromatic carbocycles. The van der Waals surface area contributed by atoms with Gasteiger partial charge in [-0.2, -0.15) is 0 Å². The van der Waals surface area contributed by atoms with Crippen LogP contribution in [0.1, 0.15) is 34.2 Å². The third kappa shape index (κ3) is 9.08. The van der Waals surface area contributed by atoms with Crippen LogP contribution in [0.25, 0.3) is 0 Å². The van der Waals surface area contributed by atoms with Gasteiger partial charge in [0, 0.05) is 12.6 Å². The molecule has 7 nitrogen and oxygen atoms in total. The molecule has 0 bridgehead atoms. The van der Waals surface area contributed by atoms with Gasteiger partial charge >= 0.3 is 5.97 Å². The van der Waals surface area contributed by atoms with Gasteiger partial charge in [0.15, 0.2) is 0 Å². The van der Waals surface area contributed by atoms with Crippen LogP contribution in [0.5, 0.6) is 0 Å². The Morgan fingerprint density at radius 2 is 0.980 bits per heavy atom. The van der Waals surface area contributed by atoms with Gasteiger partial charge in [0.05, 0.1) is 19.8 Å². The molecule has 0 saturated carbocycles. The number of nitrogens with zero attached hydrogens (tertiary/aromatic N) is 1. The standard InChI is InChI=1S/C44H45NO6/c1-2-18-39-40(48-30-35-21-10-4-11-22-35)41(49-31-36-23-12-5-13-24-36)42(50-32-37-25-14-6-15-26-37)44(47,45(39)29-34-19-8-3-9-20-34)43(46)51-33-38-27-16-7-17-28-38/h2-17,19-28,39-42,47H,1,18,29-33H2/t39-,40+,41-,42+,44-/m1/s1. The van der Waals surface area contributed by atoms with Gasteiger partial charge in [-0.05, 0) is 34.2 Å². The molecule has 262 valence electrons. The number of hydrogen-bond donors (Lipinski definition) is 1. The van der Waals surface area contributed by atoms with Gasteiger partial charge in [-0.15, -0.1) is 6.58 Å². The summed E-state index contributed by atoms with van der Waals surface area (Å²) in [6.07, 6.45) is -0.605. The molecule has 5 atom stereocenters. The van der Waals surface area contributed by atoms with E-state index in [2.05, 4.69) is 6.58 Å². The van der Waals surface area contributed by atoms with Crippen molar-refractivity contribution >= 4 is 5.97 Å². The van der Waals surface area contributed by atoms with E-state index >= 15 is 0 Å². The van der Waals surface area contributed by atoms with Gasteiger partial charge in [0.1, 0.15) is 24.9 Å². The first-order valence-corrected chi connectivity index (χ1v) is 17.4. The lowest BCUT2D eigenvalue weighted by molar-refractivity contribution is -0.305. The number of likely N-dealkylation sites (tertiary alicyclic amines) is 1. The van der Waals surface area contributed by atoms with Crippen LogP contribution in [0.4, 0.5) is 0 Å². The third-order valence-electron chi connectivity index (χ3n) is 9.20. The Hall–Kier alpha value is -4.89. The number of carbonyl (C=O) groups excluding carboxylic acids is 1. The molecule has 51 heavy (non-hydrogen) atoms. The number of esters is 1. The van der Waals surface area contributed by atoms with Gasteiger partial charge < -0.3 is 24.1 Å². The summed E-state index contributed by atoms with van der Waals surface area (Å²) >= 11 is 0. The predicted octanol–water partition coefficient (Wildman–Crippen LogP) is 7.64. The second-order valence-electron chi connectivity index (χ2n) is 12.7. The van der Waals surface area contributed by atoms with E-state index in [9.17, 15) is 9.90 Å². The molecule has 1 aliphatic rings. The summed E-state index contributed by atoms with van der Waals surface area (Å²) in [6, 6.07) is 48.0. The monoisotopic (exact) mass is 683 g/mol. The lowest BCUT2D eigenvalue weighted by Gasteiger charge is -2.55. The Kier molecular flexibility index (Phi) is 12.6. The minimum absolute atomic E-state index is 0.0256. The van der Waals surface area contributed by atoms with E-state index < -0.39 is 36.0 Å². The van der Waals surface area contributed by atoms with Crippen molar-refractivity contribution in [2.75, 3.05) is 0 Å². The Labute approximate surface area is 300 Å². The highest BCUT2D eigenvalue weighted by atomic mass is 16.6. The smallest absolute Gasteiger partial charge is 0.357 e. The summed E-state index contributed by atoms with van der Waals surface area (Å²) in [5.74, 6) is -0.829. The average Bonchev–Trinajstić information content (AvgIpc) is 3.19. The van der Waals surface area contributed by atoms with Gasteiger partial charge in [-0.1, -0.05) is 158 Å². The number of rotatable bonds is 16. The van der Waals surface area contributed by atoms with Gasteiger partial charge in [-0.25, -0.2) is 4.79 Å². The number of aliphatic hydroxyl groups is 1. The quantitative estimate of drug-likeness (QED) is 0.0847. The van der Waals surface area contributed by atoms with Crippen molar-refractivity contribution in [3.8, 4) is 0 Å². The summed E-state index contributed by atoms with van der Waals surface area (Å²) in [6.45, 7) is 4.86. The largest absolute Gasteiger partial charge is 0.458 e. The Balaban J connectivity index is 1.46. The number of piperidine rings is 1. The average molecular weight is 684 g/mol. The zero-order chi connectivity index (χ0) is 35.3. The summed E-state index contributed by atoms with van der Waals surface area (Å²) in [5, 5.41) is 13.2. The molecule has 1 fully saturated rings. The predicted molar refractivity (Wildman–Crippen MR) is 197 cm³/mol. The van der Waals surface area contributed by atoms with Crippen molar-refractivity contribution < 1.29 is 28.8 Å². The number of benzene rings is 5. The fourth-order valence-corrected chi connectivity index (χ4v) is 6.62. The molecule has 5 aromatic rings. The zero-order valence-electron chi connectivity index (χ0n) is 28.7. The van der Waals surface area contributed by atoms with Crippen molar-refractivity contribution in [3.05, 3.63) is 192 Å². The second-order valence-corrected chi connectivity index (χ2v) is 12.7. The van der Waals surface area contributed by atoms with E-state index in [0.29, 0.717) is 6.42 Å². The minimum atomic E-state index is -2.29. The molecule has 0 amide bonds. The lowest BCUT2D eigenvalue weighted by Crippen LogP contribution is -2.77. The van der Waals surface area contributed by atoms with Crippen molar-refractivity contribution in [3.63, 3.8) is 0 Å². The van der Waals surface area contributed by atoms with Crippen LogP contribution in [0.3, 0.4) is 0 Å². The number of carbonyl (C=O) groups is 1. The third-order valence-corrected chi connectivity index (χ3v) is 9.20. The van der Waals surface area contributed by atoms with Crippen molar-refractivity contribution in [2.24, 2.45) is 0 Å². The fraction of sp³-hybridized carbons (Fsp3) is 0.250. The van der Waals surface area contributed by atoms with E-state index in [4.69, 9.17) is 18.9 Å². The maximum absolute atomic E-state index is 14.7. The highest BCUT2D eigenvalue weighted by molar-refractivity contribution is 5.80. The number of hydrogen-bond acceptors (Lipinski definition) is 7. The first-order valence-electron chi connectivity index (χ1n) is 17.4. The second kappa shape index (κ2) is 17.9. The molecule has 1 saturated heterocycles. The fourth-order valence-electron chi connectivity index (χ4n) is 6.62. The van der Waals surface area contributed by atoms with Crippen molar-refractivity contribution in [2.45, 2.75) is 69.5 Å². The molecule has 0 radical (unpaired) electrons. The molecule has 0 unspecified atom stereocenters. The van der Waals surface area contributed by atoms with E-state index in [0.717, 1.165) is 27.8 Å². The maximum Gasteiger partial charge on any atom is 0.357 e. The van der Waals surface area contributed by atoms with E-state index in [1.165, 1.54) is 0 Å². The van der Waals surface area contributed by atoms with E-state index in [1.54, 1.807) is 11.0 Å². The van der Waals surface area contributed by atoms with Crippen LogP contribution >= 0.6 is 0 Å². The Bertz CT molecular complexity index is 1770. The molecule has 1 heterocycles. The van der Waals surface area contributed by atoms with Crippen LogP contribution < -0.4 is 0 Å². The summed E-state index contributed by atoms with van der Waals surface area (Å²) in [4.78, 5) is 16.4. The summed E-state index contributed by atoms with van der Waals surface area (Å²) in [5.41, 5.74) is 2.20. The van der Waals surface area contributed by atoms with Crippen LogP contribution in [-0.2, 0) is 56.7 Å². The normalized spacial score (nSPS) is 21.9. The minimum Gasteiger partial charge on any atom is -0.458 e. The molecule has 0 aliphatic carbocycles. The SMILES string of the molecule is C=CC[C@@H]1[C@H](OCc2ccccc2)[C@@H](OCc2ccccc2)[C@H](OCc2ccccc2)[C@@](O)(C(=O)OCc2ccccc2)N1Cc1ccccc1. The highest BCUT2D eigenvalue weighted by Gasteiger charge is 2.64. The van der Waals surface area contributed by atoms with E-state index in [1.807, 2.05) is 152 Å². The van der Waals surface area contributed by atoms with Crippen LogP contribution in [-0.4, -0.2) is 46.1 Å². The molecule has 1 aliphatic heterocycles. The molecular weight excluding hydrogens is 638 g/mol.